The zero-order chi connectivity index (χ0) is 13.8. The highest BCUT2D eigenvalue weighted by Crippen LogP contribution is 2.26. The van der Waals surface area contributed by atoms with Crippen LogP contribution < -0.4 is 5.73 Å². The lowest BCUT2D eigenvalue weighted by molar-refractivity contribution is 0.0678. The largest absolute Gasteiger partial charge is 0.466 e. The molecule has 0 atom stereocenters. The van der Waals surface area contributed by atoms with Crippen LogP contribution in [0.5, 0.6) is 0 Å². The number of carbonyl (C=O) groups excluding carboxylic acids is 1. The minimum atomic E-state index is 0.106. The zero-order valence-corrected chi connectivity index (χ0v) is 11.9. The van der Waals surface area contributed by atoms with Crippen molar-refractivity contribution in [2.24, 2.45) is 5.73 Å². The first kappa shape index (κ1) is 14.1. The molecule has 1 amide bonds. The molecule has 1 aromatic rings. The predicted octanol–water partition coefficient (Wildman–Crippen LogP) is 2.63. The smallest absolute Gasteiger partial charge is 0.257 e. The molecule has 106 valence electrons. The number of nitrogens with two attached hydrogens (primary N) is 1. The number of rotatable bonds is 5. The third-order valence-electron chi connectivity index (χ3n) is 3.90. The van der Waals surface area contributed by atoms with Crippen LogP contribution >= 0.6 is 0 Å². The zero-order valence-electron chi connectivity index (χ0n) is 11.9. The van der Waals surface area contributed by atoms with E-state index in [1.165, 1.54) is 12.8 Å². The molecule has 0 unspecified atom stereocenters. The van der Waals surface area contributed by atoms with Crippen LogP contribution in [0.15, 0.2) is 10.5 Å². The molecule has 0 aliphatic heterocycles. The Morgan fingerprint density at radius 3 is 2.63 bits per heavy atom. The maximum Gasteiger partial charge on any atom is 0.257 e. The van der Waals surface area contributed by atoms with Crippen LogP contribution in [-0.2, 0) is 0 Å². The molecule has 0 aromatic carbocycles. The lowest BCUT2D eigenvalue weighted by atomic mass is 10.1. The Labute approximate surface area is 114 Å². The second-order valence-electron chi connectivity index (χ2n) is 5.41. The fraction of sp³-hybridized carbons (Fsp3) is 0.667. The molecule has 0 radical (unpaired) electrons. The summed E-state index contributed by atoms with van der Waals surface area (Å²) in [7, 11) is 0. The molecular weight excluding hydrogens is 240 g/mol. The summed E-state index contributed by atoms with van der Waals surface area (Å²) in [5.41, 5.74) is 6.30. The molecule has 1 aliphatic carbocycles. The Morgan fingerprint density at radius 2 is 2.11 bits per heavy atom. The molecule has 1 aliphatic rings. The topological polar surface area (TPSA) is 59.5 Å². The monoisotopic (exact) mass is 264 g/mol. The van der Waals surface area contributed by atoms with E-state index in [4.69, 9.17) is 10.2 Å². The van der Waals surface area contributed by atoms with E-state index in [9.17, 15) is 4.79 Å². The maximum atomic E-state index is 12.7. The number of amides is 1. The average molecular weight is 264 g/mol. The highest BCUT2D eigenvalue weighted by Gasteiger charge is 2.28. The fourth-order valence-corrected chi connectivity index (χ4v) is 2.93. The van der Waals surface area contributed by atoms with Gasteiger partial charge in [0.1, 0.15) is 11.5 Å². The van der Waals surface area contributed by atoms with Gasteiger partial charge in [-0.3, -0.25) is 4.79 Å². The van der Waals surface area contributed by atoms with Gasteiger partial charge in [-0.1, -0.05) is 12.8 Å². The summed E-state index contributed by atoms with van der Waals surface area (Å²) in [4.78, 5) is 14.7. The fourth-order valence-electron chi connectivity index (χ4n) is 2.93. The lowest BCUT2D eigenvalue weighted by Gasteiger charge is -2.28. The molecule has 1 fully saturated rings. The standard InChI is InChI=1S/C15H24N2O2/c1-11-10-14(12(2)19-11)15(18)17(9-5-8-16)13-6-3-4-7-13/h10,13H,3-9,16H2,1-2H3. The van der Waals surface area contributed by atoms with E-state index in [1.54, 1.807) is 0 Å². The van der Waals surface area contributed by atoms with Gasteiger partial charge in [-0.25, -0.2) is 0 Å². The highest BCUT2D eigenvalue weighted by atomic mass is 16.3. The SMILES string of the molecule is Cc1cc(C(=O)N(CCCN)C2CCCC2)c(C)o1. The van der Waals surface area contributed by atoms with Gasteiger partial charge in [-0.05, 0) is 45.7 Å². The Balaban J connectivity index is 2.16. The molecule has 4 nitrogen and oxygen atoms in total. The van der Waals surface area contributed by atoms with Crippen LogP contribution in [0.2, 0.25) is 0 Å². The molecule has 0 saturated heterocycles. The molecule has 1 heterocycles. The van der Waals surface area contributed by atoms with Crippen LogP contribution in [-0.4, -0.2) is 29.9 Å². The summed E-state index contributed by atoms with van der Waals surface area (Å²) in [6, 6.07) is 2.23. The van der Waals surface area contributed by atoms with E-state index in [1.807, 2.05) is 24.8 Å². The molecule has 4 heteroatoms. The number of hydrogen-bond donors (Lipinski definition) is 1. The summed E-state index contributed by atoms with van der Waals surface area (Å²) >= 11 is 0. The molecule has 0 spiro atoms. The molecule has 2 N–H and O–H groups in total. The highest BCUT2D eigenvalue weighted by molar-refractivity contribution is 5.95. The third kappa shape index (κ3) is 3.18. The average Bonchev–Trinajstić information content (AvgIpc) is 2.99. The number of nitrogens with zero attached hydrogens (tertiary/aromatic N) is 1. The minimum absolute atomic E-state index is 0.106. The Kier molecular flexibility index (Phi) is 4.64. The van der Waals surface area contributed by atoms with E-state index in [0.29, 0.717) is 18.2 Å². The van der Waals surface area contributed by atoms with Crippen LogP contribution in [0.4, 0.5) is 0 Å². The number of carbonyl (C=O) groups is 1. The van der Waals surface area contributed by atoms with Crippen molar-refractivity contribution in [1.29, 1.82) is 0 Å². The Morgan fingerprint density at radius 1 is 1.42 bits per heavy atom. The van der Waals surface area contributed by atoms with Crippen LogP contribution in [0.25, 0.3) is 0 Å². The van der Waals surface area contributed by atoms with Crippen molar-refractivity contribution in [3.05, 3.63) is 23.2 Å². The Hall–Kier alpha value is -1.29. The van der Waals surface area contributed by atoms with E-state index in [2.05, 4.69) is 0 Å². The van der Waals surface area contributed by atoms with Gasteiger partial charge in [0, 0.05) is 12.6 Å². The molecular formula is C15H24N2O2. The molecule has 2 rings (SSSR count). The summed E-state index contributed by atoms with van der Waals surface area (Å²) < 4.78 is 5.48. The first-order valence-electron chi connectivity index (χ1n) is 7.21. The molecule has 1 saturated carbocycles. The van der Waals surface area contributed by atoms with E-state index < -0.39 is 0 Å². The quantitative estimate of drug-likeness (QED) is 0.889. The third-order valence-corrected chi connectivity index (χ3v) is 3.90. The van der Waals surface area contributed by atoms with Crippen molar-refractivity contribution in [2.45, 2.75) is 52.0 Å². The van der Waals surface area contributed by atoms with Gasteiger partial charge < -0.3 is 15.1 Å². The summed E-state index contributed by atoms with van der Waals surface area (Å²) in [5, 5.41) is 0. The Bertz CT molecular complexity index is 433. The first-order chi connectivity index (χ1) is 9.13. The van der Waals surface area contributed by atoms with E-state index in [-0.39, 0.29) is 5.91 Å². The number of hydrogen-bond acceptors (Lipinski definition) is 3. The van der Waals surface area contributed by atoms with Crippen molar-refractivity contribution in [3.8, 4) is 0 Å². The maximum absolute atomic E-state index is 12.7. The normalized spacial score (nSPS) is 15.9. The van der Waals surface area contributed by atoms with Gasteiger partial charge in [0.05, 0.1) is 5.56 Å². The molecule has 1 aromatic heterocycles. The number of aryl methyl sites for hydroxylation is 2. The van der Waals surface area contributed by atoms with Gasteiger partial charge in [0.2, 0.25) is 0 Å². The second-order valence-corrected chi connectivity index (χ2v) is 5.41. The van der Waals surface area contributed by atoms with E-state index in [0.717, 1.165) is 37.3 Å². The van der Waals surface area contributed by atoms with Crippen molar-refractivity contribution in [1.82, 2.24) is 4.90 Å². The number of furan rings is 1. The van der Waals surface area contributed by atoms with Crippen molar-refractivity contribution < 1.29 is 9.21 Å². The van der Waals surface area contributed by atoms with Gasteiger partial charge in [0.15, 0.2) is 0 Å². The van der Waals surface area contributed by atoms with Crippen LogP contribution in [0.3, 0.4) is 0 Å². The van der Waals surface area contributed by atoms with Crippen LogP contribution in [0, 0.1) is 13.8 Å². The predicted molar refractivity (Wildman–Crippen MR) is 75.1 cm³/mol. The van der Waals surface area contributed by atoms with E-state index >= 15 is 0 Å². The van der Waals surface area contributed by atoms with Gasteiger partial charge >= 0.3 is 0 Å². The summed E-state index contributed by atoms with van der Waals surface area (Å²) in [5.74, 6) is 1.62. The van der Waals surface area contributed by atoms with Crippen molar-refractivity contribution in [3.63, 3.8) is 0 Å². The van der Waals surface area contributed by atoms with Crippen molar-refractivity contribution in [2.75, 3.05) is 13.1 Å². The lowest BCUT2D eigenvalue weighted by Crippen LogP contribution is -2.40. The summed E-state index contributed by atoms with van der Waals surface area (Å²) in [6.07, 6.45) is 5.54. The molecule has 0 bridgehead atoms. The van der Waals surface area contributed by atoms with Gasteiger partial charge in [-0.15, -0.1) is 0 Å². The van der Waals surface area contributed by atoms with Gasteiger partial charge in [-0.2, -0.15) is 0 Å². The first-order valence-corrected chi connectivity index (χ1v) is 7.21. The van der Waals surface area contributed by atoms with Crippen molar-refractivity contribution >= 4 is 5.91 Å². The second kappa shape index (κ2) is 6.24. The molecule has 19 heavy (non-hydrogen) atoms. The van der Waals surface area contributed by atoms with Crippen LogP contribution in [0.1, 0.15) is 54.0 Å². The minimum Gasteiger partial charge on any atom is -0.466 e. The summed E-state index contributed by atoms with van der Waals surface area (Å²) in [6.45, 7) is 5.11. The van der Waals surface area contributed by atoms with Gasteiger partial charge in [0.25, 0.3) is 5.91 Å².